The molecule has 4 aliphatic rings. The molecule has 4 fully saturated rings. The predicted octanol–water partition coefficient (Wildman–Crippen LogP) is 4.66. The van der Waals surface area contributed by atoms with E-state index in [4.69, 9.17) is 4.74 Å². The molecular weight excluding hydrogens is 348 g/mol. The average molecular weight is 379 g/mol. The highest BCUT2D eigenvalue weighted by Gasteiger charge is 2.54. The van der Waals surface area contributed by atoms with Gasteiger partial charge in [-0.25, -0.2) is 4.98 Å². The molecule has 28 heavy (non-hydrogen) atoms. The number of hydrogen-bond acceptors (Lipinski definition) is 3. The average Bonchev–Trinajstić information content (AvgIpc) is 3.13. The lowest BCUT2D eigenvalue weighted by Crippen LogP contribution is -2.51. The lowest BCUT2D eigenvalue weighted by molar-refractivity contribution is -0.145. The van der Waals surface area contributed by atoms with Gasteiger partial charge in [0.2, 0.25) is 0 Å². The summed E-state index contributed by atoms with van der Waals surface area (Å²) in [5.74, 6) is 4.63. The molecule has 1 heterocycles. The smallest absolute Gasteiger partial charge is 0.176 e. The first-order valence-electron chi connectivity index (χ1n) is 10.9. The predicted molar refractivity (Wildman–Crippen MR) is 108 cm³/mol. The molecule has 0 unspecified atom stereocenters. The topological polar surface area (TPSA) is 44.1 Å². The van der Waals surface area contributed by atoms with Crippen molar-refractivity contribution in [2.24, 2.45) is 23.2 Å². The van der Waals surface area contributed by atoms with E-state index >= 15 is 0 Å². The molecule has 4 heteroatoms. The van der Waals surface area contributed by atoms with Crippen LogP contribution in [-0.2, 0) is 17.8 Å². The summed E-state index contributed by atoms with van der Waals surface area (Å²) in [4.78, 5) is 17.5. The van der Waals surface area contributed by atoms with Crippen molar-refractivity contribution in [2.75, 3.05) is 6.61 Å². The van der Waals surface area contributed by atoms with Gasteiger partial charge in [0, 0.05) is 30.8 Å². The molecule has 0 saturated heterocycles. The molecule has 0 atom stereocenters. The number of aromatic nitrogens is 2. The van der Waals surface area contributed by atoms with E-state index in [0.717, 1.165) is 61.6 Å². The second-order valence-electron chi connectivity index (χ2n) is 9.38. The minimum absolute atomic E-state index is 0.0628. The molecule has 0 radical (unpaired) electrons. The van der Waals surface area contributed by atoms with E-state index in [2.05, 4.69) is 28.6 Å². The van der Waals surface area contributed by atoms with Crippen LogP contribution in [-0.4, -0.2) is 21.9 Å². The molecule has 6 rings (SSSR count). The van der Waals surface area contributed by atoms with Gasteiger partial charge in [0.1, 0.15) is 18.2 Å². The largest absolute Gasteiger partial charge is 0.486 e. The van der Waals surface area contributed by atoms with Crippen molar-refractivity contribution < 1.29 is 9.53 Å². The quantitative estimate of drug-likeness (QED) is 0.704. The number of nitrogens with zero attached hydrogens (tertiary/aromatic N) is 2. The van der Waals surface area contributed by atoms with E-state index < -0.39 is 0 Å². The highest BCUT2D eigenvalue weighted by molar-refractivity contribution is 5.86. The standard InChI is InChI=1S/C24H30N2O2/c1-2-23-25-7-8-26(23)15-17-3-5-21(6-4-17)28-16-22(27)24-12-18-9-19(13-24)11-20(10-18)14-24/h3-8,18-20H,2,9-16H2,1H3. The van der Waals surface area contributed by atoms with E-state index in [1.165, 1.54) is 24.8 Å². The Labute approximate surface area is 167 Å². The summed E-state index contributed by atoms with van der Waals surface area (Å²) in [6, 6.07) is 8.16. The van der Waals surface area contributed by atoms with Gasteiger partial charge in [0.05, 0.1) is 0 Å². The van der Waals surface area contributed by atoms with Gasteiger partial charge in [-0.15, -0.1) is 0 Å². The Morgan fingerprint density at radius 2 is 1.75 bits per heavy atom. The van der Waals surface area contributed by atoms with Gasteiger partial charge in [0.15, 0.2) is 5.78 Å². The summed E-state index contributed by atoms with van der Waals surface area (Å²) in [6.07, 6.45) is 12.3. The summed E-state index contributed by atoms with van der Waals surface area (Å²) < 4.78 is 8.10. The number of rotatable bonds is 7. The number of Topliss-reactive ketones (excluding diaryl/α,β-unsaturated/α-hetero) is 1. The highest BCUT2D eigenvalue weighted by atomic mass is 16.5. The van der Waals surface area contributed by atoms with Gasteiger partial charge in [-0.2, -0.15) is 0 Å². The minimum atomic E-state index is -0.0628. The summed E-state index contributed by atoms with van der Waals surface area (Å²) in [7, 11) is 0. The molecule has 0 amide bonds. The summed E-state index contributed by atoms with van der Waals surface area (Å²) >= 11 is 0. The van der Waals surface area contributed by atoms with Crippen LogP contribution in [0.3, 0.4) is 0 Å². The maximum absolute atomic E-state index is 13.1. The molecule has 4 saturated carbocycles. The van der Waals surface area contributed by atoms with Gasteiger partial charge in [-0.05, 0) is 74.0 Å². The van der Waals surface area contributed by atoms with E-state index in [0.29, 0.717) is 5.78 Å². The lowest BCUT2D eigenvalue weighted by atomic mass is 9.48. The van der Waals surface area contributed by atoms with Crippen LogP contribution in [0.15, 0.2) is 36.7 Å². The number of benzene rings is 1. The summed E-state index contributed by atoms with van der Waals surface area (Å²) in [5.41, 5.74) is 1.15. The number of imidazole rings is 1. The van der Waals surface area contributed by atoms with Crippen LogP contribution in [0.25, 0.3) is 0 Å². The van der Waals surface area contributed by atoms with Crippen LogP contribution in [0.2, 0.25) is 0 Å². The van der Waals surface area contributed by atoms with E-state index in [-0.39, 0.29) is 12.0 Å². The van der Waals surface area contributed by atoms with Gasteiger partial charge in [0.25, 0.3) is 0 Å². The second-order valence-corrected chi connectivity index (χ2v) is 9.38. The fourth-order valence-electron chi connectivity index (χ4n) is 6.44. The van der Waals surface area contributed by atoms with Crippen LogP contribution in [0.1, 0.15) is 56.8 Å². The zero-order chi connectivity index (χ0) is 19.1. The maximum atomic E-state index is 13.1. The molecule has 4 bridgehead atoms. The molecule has 1 aromatic carbocycles. The maximum Gasteiger partial charge on any atom is 0.176 e. The third-order valence-electron chi connectivity index (χ3n) is 7.39. The molecule has 2 aromatic rings. The number of carbonyl (C=O) groups is 1. The normalized spacial score (nSPS) is 30.5. The molecule has 0 aliphatic heterocycles. The van der Waals surface area contributed by atoms with Crippen molar-refractivity contribution >= 4 is 5.78 Å². The van der Waals surface area contributed by atoms with Crippen LogP contribution < -0.4 is 4.74 Å². The minimum Gasteiger partial charge on any atom is -0.486 e. The molecule has 148 valence electrons. The van der Waals surface area contributed by atoms with Gasteiger partial charge < -0.3 is 9.30 Å². The van der Waals surface area contributed by atoms with Crippen LogP contribution >= 0.6 is 0 Å². The Morgan fingerprint density at radius 1 is 1.11 bits per heavy atom. The van der Waals surface area contributed by atoms with Crippen molar-refractivity contribution in [2.45, 2.75) is 58.4 Å². The first-order chi connectivity index (χ1) is 13.6. The van der Waals surface area contributed by atoms with Crippen LogP contribution in [0.5, 0.6) is 5.75 Å². The lowest BCUT2D eigenvalue weighted by Gasteiger charge is -2.55. The Balaban J connectivity index is 1.20. The molecule has 0 spiro atoms. The van der Waals surface area contributed by atoms with Crippen molar-refractivity contribution in [1.29, 1.82) is 0 Å². The van der Waals surface area contributed by atoms with Gasteiger partial charge in [-0.1, -0.05) is 19.1 Å². The van der Waals surface area contributed by atoms with E-state index in [1.807, 2.05) is 24.5 Å². The van der Waals surface area contributed by atoms with Crippen LogP contribution in [0.4, 0.5) is 0 Å². The molecule has 4 nitrogen and oxygen atoms in total. The third-order valence-corrected chi connectivity index (χ3v) is 7.39. The van der Waals surface area contributed by atoms with Crippen molar-refractivity contribution in [3.05, 3.63) is 48.0 Å². The second kappa shape index (κ2) is 7.06. The highest BCUT2D eigenvalue weighted by Crippen LogP contribution is 2.60. The van der Waals surface area contributed by atoms with E-state index in [9.17, 15) is 4.79 Å². The number of ether oxygens (including phenoxy) is 1. The molecule has 0 N–H and O–H groups in total. The van der Waals surface area contributed by atoms with Gasteiger partial charge >= 0.3 is 0 Å². The Morgan fingerprint density at radius 3 is 2.36 bits per heavy atom. The zero-order valence-electron chi connectivity index (χ0n) is 16.8. The number of aryl methyl sites for hydroxylation is 1. The fourth-order valence-corrected chi connectivity index (χ4v) is 6.44. The monoisotopic (exact) mass is 378 g/mol. The number of ketones is 1. The third kappa shape index (κ3) is 3.27. The molecule has 4 aliphatic carbocycles. The first-order valence-corrected chi connectivity index (χ1v) is 10.9. The van der Waals surface area contributed by atoms with E-state index in [1.54, 1.807) is 0 Å². The fraction of sp³-hybridized carbons (Fsp3) is 0.583. The zero-order valence-corrected chi connectivity index (χ0v) is 16.8. The number of carbonyl (C=O) groups excluding carboxylic acids is 1. The summed E-state index contributed by atoms with van der Waals surface area (Å²) in [5, 5.41) is 0. The Bertz CT molecular complexity index is 816. The molecular formula is C24H30N2O2. The SMILES string of the molecule is CCc1nccn1Cc1ccc(OCC(=O)C23CC4CC(CC(C4)C2)C3)cc1. The van der Waals surface area contributed by atoms with Crippen molar-refractivity contribution in [3.8, 4) is 5.75 Å². The number of hydrogen-bond donors (Lipinski definition) is 0. The first kappa shape index (κ1) is 18.0. The summed E-state index contributed by atoms with van der Waals surface area (Å²) in [6.45, 7) is 3.17. The Kier molecular flexibility index (Phi) is 4.53. The van der Waals surface area contributed by atoms with Gasteiger partial charge in [-0.3, -0.25) is 4.79 Å². The molecule has 1 aromatic heterocycles. The van der Waals surface area contributed by atoms with Crippen molar-refractivity contribution in [3.63, 3.8) is 0 Å². The Hall–Kier alpha value is -2.10. The van der Waals surface area contributed by atoms with Crippen molar-refractivity contribution in [1.82, 2.24) is 9.55 Å². The van der Waals surface area contributed by atoms with Crippen LogP contribution in [0, 0.1) is 23.2 Å².